The number of hydrogen-bond acceptors (Lipinski definition) is 5. The third kappa shape index (κ3) is 3.45. The van der Waals surface area contributed by atoms with Crippen molar-refractivity contribution >= 4 is 5.91 Å². The number of benzene rings is 1. The molecule has 0 spiro atoms. The minimum Gasteiger partial charge on any atom is -0.497 e. The predicted octanol–water partition coefficient (Wildman–Crippen LogP) is 3.29. The van der Waals surface area contributed by atoms with Crippen LogP contribution in [0.2, 0.25) is 0 Å². The monoisotopic (exact) mass is 366 g/mol. The van der Waals surface area contributed by atoms with E-state index in [0.29, 0.717) is 12.2 Å². The molecule has 7 heteroatoms. The van der Waals surface area contributed by atoms with Gasteiger partial charge in [0, 0.05) is 12.6 Å². The summed E-state index contributed by atoms with van der Waals surface area (Å²) >= 11 is 0. The molecule has 4 rings (SSSR count). The summed E-state index contributed by atoms with van der Waals surface area (Å²) in [5.41, 5.74) is 3.53. The summed E-state index contributed by atoms with van der Waals surface area (Å²) in [7, 11) is 1.63. The van der Waals surface area contributed by atoms with Crippen LogP contribution in [0.5, 0.6) is 5.75 Å². The van der Waals surface area contributed by atoms with E-state index in [0.717, 1.165) is 47.7 Å². The van der Waals surface area contributed by atoms with Gasteiger partial charge in [0.25, 0.3) is 0 Å². The van der Waals surface area contributed by atoms with Crippen LogP contribution >= 0.6 is 0 Å². The summed E-state index contributed by atoms with van der Waals surface area (Å²) in [5.74, 6) is 1.53. The van der Waals surface area contributed by atoms with E-state index in [1.54, 1.807) is 13.3 Å². The summed E-state index contributed by atoms with van der Waals surface area (Å²) in [4.78, 5) is 14.9. The highest BCUT2D eigenvalue weighted by Crippen LogP contribution is 2.37. The Bertz CT molecular complexity index is 946. The highest BCUT2D eigenvalue weighted by Gasteiger charge is 2.33. The lowest BCUT2D eigenvalue weighted by Crippen LogP contribution is -2.32. The molecule has 2 aromatic heterocycles. The van der Waals surface area contributed by atoms with E-state index in [2.05, 4.69) is 15.4 Å². The highest BCUT2D eigenvalue weighted by molar-refractivity contribution is 5.80. The van der Waals surface area contributed by atoms with Crippen LogP contribution in [0.4, 0.5) is 0 Å². The number of carbonyl (C=O) groups excluding carboxylic acids is 1. The molecule has 1 fully saturated rings. The second-order valence-corrected chi connectivity index (χ2v) is 6.80. The molecule has 1 aromatic carbocycles. The second-order valence-electron chi connectivity index (χ2n) is 6.80. The standard InChI is InChI=1S/C20H22N4O3/c1-13-9-18(27-23-13)16-12-21-22-20(16)17-7-4-8-24(17)19(25)11-14-5-3-6-15(10-14)26-2/h3,5-6,9-10,12,17H,4,7-8,11H2,1-2H3,(H,21,22)/t17-/m1/s1. The molecule has 0 radical (unpaired) electrons. The van der Waals surface area contributed by atoms with Gasteiger partial charge in [-0.05, 0) is 37.5 Å². The van der Waals surface area contributed by atoms with Crippen molar-refractivity contribution in [3.8, 4) is 17.1 Å². The summed E-state index contributed by atoms with van der Waals surface area (Å²) < 4.78 is 10.7. The summed E-state index contributed by atoms with van der Waals surface area (Å²) in [5, 5.41) is 11.2. The first-order chi connectivity index (χ1) is 13.2. The molecule has 140 valence electrons. The zero-order chi connectivity index (χ0) is 18.8. The fourth-order valence-electron chi connectivity index (χ4n) is 3.66. The number of aromatic amines is 1. The van der Waals surface area contributed by atoms with E-state index in [1.807, 2.05) is 42.2 Å². The first kappa shape index (κ1) is 17.3. The average Bonchev–Trinajstić information content (AvgIpc) is 3.41. The maximum Gasteiger partial charge on any atom is 0.227 e. The Morgan fingerprint density at radius 1 is 1.41 bits per heavy atom. The molecule has 0 aliphatic carbocycles. The van der Waals surface area contributed by atoms with Gasteiger partial charge in [-0.2, -0.15) is 5.10 Å². The number of rotatable bonds is 5. The van der Waals surface area contributed by atoms with Crippen molar-refractivity contribution in [3.63, 3.8) is 0 Å². The number of aromatic nitrogens is 3. The van der Waals surface area contributed by atoms with Crippen LogP contribution in [-0.4, -0.2) is 39.8 Å². The van der Waals surface area contributed by atoms with Crippen molar-refractivity contribution in [1.82, 2.24) is 20.3 Å². The number of hydrogen-bond donors (Lipinski definition) is 1. The molecule has 1 aliphatic rings. The molecule has 1 amide bonds. The lowest BCUT2D eigenvalue weighted by atomic mass is 10.0. The first-order valence-corrected chi connectivity index (χ1v) is 9.05. The maximum absolute atomic E-state index is 13.0. The van der Waals surface area contributed by atoms with Crippen LogP contribution in [-0.2, 0) is 11.2 Å². The van der Waals surface area contributed by atoms with Crippen molar-refractivity contribution in [2.24, 2.45) is 0 Å². The van der Waals surface area contributed by atoms with Gasteiger partial charge in [0.1, 0.15) is 5.75 Å². The molecule has 7 nitrogen and oxygen atoms in total. The van der Waals surface area contributed by atoms with E-state index < -0.39 is 0 Å². The summed E-state index contributed by atoms with van der Waals surface area (Å²) in [6, 6.07) is 9.48. The molecule has 0 saturated carbocycles. The molecule has 0 bridgehead atoms. The van der Waals surface area contributed by atoms with Crippen LogP contribution < -0.4 is 4.74 Å². The van der Waals surface area contributed by atoms with Gasteiger partial charge in [0.2, 0.25) is 5.91 Å². The second kappa shape index (κ2) is 7.26. The van der Waals surface area contributed by atoms with Gasteiger partial charge >= 0.3 is 0 Å². The van der Waals surface area contributed by atoms with E-state index in [4.69, 9.17) is 9.26 Å². The van der Waals surface area contributed by atoms with E-state index in [1.165, 1.54) is 0 Å². The minimum absolute atomic E-state index is 0.0361. The number of H-pyrrole nitrogens is 1. The quantitative estimate of drug-likeness (QED) is 0.749. The lowest BCUT2D eigenvalue weighted by Gasteiger charge is -2.24. The number of nitrogens with one attached hydrogen (secondary N) is 1. The van der Waals surface area contributed by atoms with E-state index in [-0.39, 0.29) is 11.9 Å². The normalized spacial score (nSPS) is 16.7. The number of methoxy groups -OCH3 is 1. The SMILES string of the molecule is COc1cccc(CC(=O)N2CCC[C@@H]2c2[nH]ncc2-c2cc(C)no2)c1. The van der Waals surface area contributed by atoms with Gasteiger partial charge < -0.3 is 14.2 Å². The molecule has 0 unspecified atom stereocenters. The molecule has 1 aliphatic heterocycles. The van der Waals surface area contributed by atoms with Crippen LogP contribution in [0.25, 0.3) is 11.3 Å². The van der Waals surface area contributed by atoms with Crippen LogP contribution in [0, 0.1) is 6.92 Å². The van der Waals surface area contributed by atoms with Crippen LogP contribution in [0.3, 0.4) is 0 Å². The molecule has 1 saturated heterocycles. The molecule has 1 atom stereocenters. The van der Waals surface area contributed by atoms with Crippen molar-refractivity contribution < 1.29 is 14.1 Å². The van der Waals surface area contributed by atoms with Crippen LogP contribution in [0.1, 0.15) is 35.8 Å². The smallest absolute Gasteiger partial charge is 0.227 e. The zero-order valence-corrected chi connectivity index (χ0v) is 15.4. The number of amides is 1. The van der Waals surface area contributed by atoms with E-state index in [9.17, 15) is 4.79 Å². The topological polar surface area (TPSA) is 84.2 Å². The molecular formula is C20H22N4O3. The molecular weight excluding hydrogens is 344 g/mol. The van der Waals surface area contributed by atoms with Gasteiger partial charge in [-0.25, -0.2) is 0 Å². The Balaban J connectivity index is 1.56. The Labute approximate surface area is 157 Å². The minimum atomic E-state index is -0.0361. The van der Waals surface area contributed by atoms with Crippen molar-refractivity contribution in [2.75, 3.05) is 13.7 Å². The Hall–Kier alpha value is -3.09. The summed E-state index contributed by atoms with van der Waals surface area (Å²) in [6.45, 7) is 2.62. The molecule has 1 N–H and O–H groups in total. The zero-order valence-electron chi connectivity index (χ0n) is 15.4. The van der Waals surface area contributed by atoms with E-state index >= 15 is 0 Å². The van der Waals surface area contributed by atoms with Gasteiger partial charge in [0.05, 0.1) is 42.7 Å². The Morgan fingerprint density at radius 3 is 3.07 bits per heavy atom. The Kier molecular flexibility index (Phi) is 4.66. The number of ether oxygens (including phenoxy) is 1. The molecule has 27 heavy (non-hydrogen) atoms. The van der Waals surface area contributed by atoms with Crippen LogP contribution in [0.15, 0.2) is 41.1 Å². The summed E-state index contributed by atoms with van der Waals surface area (Å²) in [6.07, 6.45) is 3.94. The average molecular weight is 366 g/mol. The number of nitrogens with zero attached hydrogens (tertiary/aromatic N) is 3. The number of carbonyl (C=O) groups is 1. The molecule has 3 heterocycles. The van der Waals surface area contributed by atoms with Crippen molar-refractivity contribution in [1.29, 1.82) is 0 Å². The lowest BCUT2D eigenvalue weighted by molar-refractivity contribution is -0.131. The largest absolute Gasteiger partial charge is 0.497 e. The Morgan fingerprint density at radius 2 is 2.30 bits per heavy atom. The van der Waals surface area contributed by atoms with Gasteiger partial charge in [-0.3, -0.25) is 9.89 Å². The maximum atomic E-state index is 13.0. The third-order valence-electron chi connectivity index (χ3n) is 4.96. The fraction of sp³-hybridized carbons (Fsp3) is 0.350. The van der Waals surface area contributed by atoms with Gasteiger partial charge in [-0.1, -0.05) is 17.3 Å². The van der Waals surface area contributed by atoms with Crippen molar-refractivity contribution in [2.45, 2.75) is 32.2 Å². The third-order valence-corrected chi connectivity index (χ3v) is 4.96. The number of likely N-dealkylation sites (tertiary alicyclic amines) is 1. The predicted molar refractivity (Wildman–Crippen MR) is 99.2 cm³/mol. The highest BCUT2D eigenvalue weighted by atomic mass is 16.5. The van der Waals surface area contributed by atoms with Gasteiger partial charge in [-0.15, -0.1) is 0 Å². The number of aryl methyl sites for hydroxylation is 1. The molecule has 3 aromatic rings. The van der Waals surface area contributed by atoms with Crippen molar-refractivity contribution in [3.05, 3.63) is 53.5 Å². The first-order valence-electron chi connectivity index (χ1n) is 9.05. The van der Waals surface area contributed by atoms with Gasteiger partial charge in [0.15, 0.2) is 5.76 Å². The fourth-order valence-corrected chi connectivity index (χ4v) is 3.66.